The largest absolute Gasteiger partial charge is 0.436 e. The summed E-state index contributed by atoms with van der Waals surface area (Å²) in [5.41, 5.74) is 2.97. The first-order valence-corrected chi connectivity index (χ1v) is 11.6. The Kier molecular flexibility index (Phi) is 6.07. The van der Waals surface area contributed by atoms with Gasteiger partial charge in [0.25, 0.3) is 5.91 Å². The molecule has 9 nitrogen and oxygen atoms in total. The minimum Gasteiger partial charge on any atom is -0.436 e. The molecular weight excluding hydrogens is 466 g/mol. The summed E-state index contributed by atoms with van der Waals surface area (Å²) in [6, 6.07) is 8.74. The molecule has 0 bridgehead atoms. The van der Waals surface area contributed by atoms with Crippen molar-refractivity contribution in [3.63, 3.8) is 0 Å². The smallest absolute Gasteiger partial charge is 0.303 e. The summed E-state index contributed by atoms with van der Waals surface area (Å²) >= 11 is 6.33. The summed E-state index contributed by atoms with van der Waals surface area (Å²) in [7, 11) is -1.27. The molecule has 0 saturated heterocycles. The first-order chi connectivity index (χ1) is 15.7. The molecule has 0 radical (unpaired) electrons. The third-order valence-corrected chi connectivity index (χ3v) is 6.77. The van der Waals surface area contributed by atoms with Gasteiger partial charge in [0.1, 0.15) is 5.75 Å². The molecule has 11 heteroatoms. The maximum absolute atomic E-state index is 12.9. The van der Waals surface area contributed by atoms with Gasteiger partial charge in [-0.05, 0) is 47.9 Å². The van der Waals surface area contributed by atoms with Gasteiger partial charge in [0.05, 0.1) is 11.2 Å². The Hall–Kier alpha value is -3.47. The van der Waals surface area contributed by atoms with Crippen molar-refractivity contribution < 1.29 is 17.9 Å². The molecule has 0 spiro atoms. The fourth-order valence-electron chi connectivity index (χ4n) is 3.31. The second kappa shape index (κ2) is 8.81. The number of hydrogen-bond acceptors (Lipinski definition) is 6. The Balaban J connectivity index is 1.82. The SMILES string of the molecule is Cc1c(C(=O)NS(=O)(=O)N(C)C)cc(-c2ccc(Cl)c(Oc3cnccn3)c2)c2cc[nH]c12. The number of rotatable bonds is 6. The predicted octanol–water partition coefficient (Wildman–Crippen LogP) is 3.92. The number of ether oxygens (including phenoxy) is 1. The topological polar surface area (TPSA) is 117 Å². The number of nitrogens with zero attached hydrogens (tertiary/aromatic N) is 3. The molecule has 2 N–H and O–H groups in total. The highest BCUT2D eigenvalue weighted by Crippen LogP contribution is 2.37. The van der Waals surface area contributed by atoms with E-state index in [0.29, 0.717) is 33.0 Å². The lowest BCUT2D eigenvalue weighted by atomic mass is 9.95. The van der Waals surface area contributed by atoms with E-state index >= 15 is 0 Å². The number of nitrogens with one attached hydrogen (secondary N) is 2. The van der Waals surface area contributed by atoms with Crippen LogP contribution in [0.25, 0.3) is 22.0 Å². The van der Waals surface area contributed by atoms with Gasteiger partial charge in [0.15, 0.2) is 0 Å². The van der Waals surface area contributed by atoms with Crippen LogP contribution in [-0.4, -0.2) is 47.7 Å². The number of fused-ring (bicyclic) bond motifs is 1. The van der Waals surface area contributed by atoms with Crippen molar-refractivity contribution >= 4 is 38.6 Å². The van der Waals surface area contributed by atoms with Gasteiger partial charge < -0.3 is 9.72 Å². The molecule has 170 valence electrons. The van der Waals surface area contributed by atoms with E-state index in [2.05, 4.69) is 19.7 Å². The number of aromatic nitrogens is 3. The van der Waals surface area contributed by atoms with Gasteiger partial charge in [-0.1, -0.05) is 17.7 Å². The van der Waals surface area contributed by atoms with Crippen LogP contribution >= 0.6 is 11.6 Å². The standard InChI is InChI=1S/C22H20ClN5O4S/c1-13-16(22(29)27-33(30,31)28(2)3)11-17(15-6-7-26-21(13)15)14-4-5-18(23)19(10-14)32-20-12-24-8-9-25-20/h4-12,26H,1-3H3,(H,27,29). The first-order valence-electron chi connectivity index (χ1n) is 9.76. The number of H-pyrrole nitrogens is 1. The van der Waals surface area contributed by atoms with E-state index in [4.69, 9.17) is 16.3 Å². The predicted molar refractivity (Wildman–Crippen MR) is 126 cm³/mol. The zero-order chi connectivity index (χ0) is 23.8. The van der Waals surface area contributed by atoms with Crippen LogP contribution in [0.5, 0.6) is 11.6 Å². The molecule has 4 aromatic rings. The van der Waals surface area contributed by atoms with Gasteiger partial charge in [0.2, 0.25) is 5.88 Å². The Morgan fingerprint density at radius 2 is 1.97 bits per heavy atom. The van der Waals surface area contributed by atoms with Crippen molar-refractivity contribution in [1.29, 1.82) is 0 Å². The van der Waals surface area contributed by atoms with Crippen LogP contribution in [0.15, 0.2) is 55.1 Å². The molecular formula is C22H20ClN5O4S. The van der Waals surface area contributed by atoms with E-state index in [0.717, 1.165) is 9.69 Å². The van der Waals surface area contributed by atoms with Gasteiger partial charge in [-0.15, -0.1) is 0 Å². The van der Waals surface area contributed by atoms with Gasteiger partial charge >= 0.3 is 10.2 Å². The van der Waals surface area contributed by atoms with Gasteiger partial charge in [-0.3, -0.25) is 9.78 Å². The van der Waals surface area contributed by atoms with Gasteiger partial charge in [0, 0.05) is 49.2 Å². The van der Waals surface area contributed by atoms with Crippen molar-refractivity contribution in [3.8, 4) is 22.8 Å². The third-order valence-electron chi connectivity index (χ3n) is 5.05. The summed E-state index contributed by atoms with van der Waals surface area (Å²) in [5, 5.41) is 1.23. The number of benzene rings is 2. The van der Waals surface area contributed by atoms with Crippen molar-refractivity contribution in [1.82, 2.24) is 24.0 Å². The second-order valence-corrected chi connectivity index (χ2v) is 9.66. The number of amides is 1. The molecule has 0 aliphatic carbocycles. The third kappa shape index (κ3) is 4.54. The molecule has 4 rings (SSSR count). The van der Waals surface area contributed by atoms with Crippen molar-refractivity contribution in [2.75, 3.05) is 14.1 Å². The Morgan fingerprint density at radius 1 is 1.18 bits per heavy atom. The molecule has 2 aromatic carbocycles. The Morgan fingerprint density at radius 3 is 2.67 bits per heavy atom. The maximum atomic E-state index is 12.9. The summed E-state index contributed by atoms with van der Waals surface area (Å²) in [4.78, 5) is 24.1. The average molecular weight is 486 g/mol. The normalized spacial score (nSPS) is 11.7. The van der Waals surface area contributed by atoms with E-state index < -0.39 is 16.1 Å². The number of aromatic amines is 1. The van der Waals surface area contributed by atoms with Gasteiger partial charge in [-0.25, -0.2) is 9.71 Å². The lowest BCUT2D eigenvalue weighted by molar-refractivity contribution is 0.0979. The highest BCUT2D eigenvalue weighted by Gasteiger charge is 2.22. The number of carbonyl (C=O) groups is 1. The van der Waals surface area contributed by atoms with Crippen molar-refractivity contribution in [2.45, 2.75) is 6.92 Å². The van der Waals surface area contributed by atoms with Crippen LogP contribution < -0.4 is 9.46 Å². The van der Waals surface area contributed by atoms with Gasteiger partial charge in [-0.2, -0.15) is 12.7 Å². The van der Waals surface area contributed by atoms with Crippen LogP contribution in [0, 0.1) is 6.92 Å². The van der Waals surface area contributed by atoms with Crippen molar-refractivity contribution in [2.24, 2.45) is 0 Å². The Bertz CT molecular complexity index is 1450. The average Bonchev–Trinajstić information content (AvgIpc) is 3.26. The van der Waals surface area contributed by atoms with E-state index in [-0.39, 0.29) is 11.4 Å². The highest BCUT2D eigenvalue weighted by molar-refractivity contribution is 7.87. The fourth-order valence-corrected chi connectivity index (χ4v) is 3.99. The minimum atomic E-state index is -3.95. The first kappa shape index (κ1) is 22.7. The molecule has 2 aromatic heterocycles. The molecule has 1 amide bonds. The van der Waals surface area contributed by atoms with E-state index in [1.165, 1.54) is 32.7 Å². The second-order valence-electron chi connectivity index (χ2n) is 7.37. The number of halogens is 1. The molecule has 0 unspecified atom stereocenters. The number of hydrogen-bond donors (Lipinski definition) is 2. The fraction of sp³-hybridized carbons (Fsp3) is 0.136. The minimum absolute atomic E-state index is 0.219. The van der Waals surface area contributed by atoms with Crippen LogP contribution in [0.2, 0.25) is 5.02 Å². The molecule has 0 aliphatic rings. The summed E-state index contributed by atoms with van der Waals surface area (Å²) < 4.78 is 33.2. The van der Waals surface area contributed by atoms with Crippen LogP contribution in [0.1, 0.15) is 15.9 Å². The van der Waals surface area contributed by atoms with Crippen molar-refractivity contribution in [3.05, 3.63) is 71.3 Å². The lowest BCUT2D eigenvalue weighted by Gasteiger charge is -2.16. The summed E-state index contributed by atoms with van der Waals surface area (Å²) in [6.45, 7) is 1.75. The quantitative estimate of drug-likeness (QED) is 0.427. The maximum Gasteiger partial charge on any atom is 0.303 e. The molecule has 2 heterocycles. The van der Waals surface area contributed by atoms with Crippen LogP contribution in [-0.2, 0) is 10.2 Å². The van der Waals surface area contributed by atoms with E-state index in [1.807, 2.05) is 6.07 Å². The number of aryl methyl sites for hydroxylation is 1. The van der Waals surface area contributed by atoms with E-state index in [1.54, 1.807) is 37.4 Å². The zero-order valence-corrected chi connectivity index (χ0v) is 19.5. The summed E-state index contributed by atoms with van der Waals surface area (Å²) in [5.74, 6) is -0.0923. The zero-order valence-electron chi connectivity index (χ0n) is 18.0. The summed E-state index contributed by atoms with van der Waals surface area (Å²) in [6.07, 6.45) is 6.26. The molecule has 0 fully saturated rings. The molecule has 0 aliphatic heterocycles. The Labute approximate surface area is 195 Å². The highest BCUT2D eigenvalue weighted by atomic mass is 35.5. The number of carbonyl (C=O) groups excluding carboxylic acids is 1. The molecule has 0 saturated carbocycles. The lowest BCUT2D eigenvalue weighted by Crippen LogP contribution is -2.39. The molecule has 0 atom stereocenters. The van der Waals surface area contributed by atoms with Crippen LogP contribution in [0.3, 0.4) is 0 Å². The van der Waals surface area contributed by atoms with E-state index in [9.17, 15) is 13.2 Å². The molecule has 33 heavy (non-hydrogen) atoms. The monoisotopic (exact) mass is 485 g/mol. The van der Waals surface area contributed by atoms with Crippen LogP contribution in [0.4, 0.5) is 0 Å².